The number of amides is 4. The SMILES string of the molecule is C=CC(=O)NCCCCCC(=O)N[C@@H](Cc1ccccc1)C(=O)NCCCCCCC(O)[C@H]1O[C@@H](O)[C@H](NC(C)=O)[C@@H](O)[C@@H]1O. The molecule has 1 fully saturated rings. The minimum Gasteiger partial charge on any atom is -0.390 e. The molecular formula is C32H50N4O9. The molecule has 1 aromatic carbocycles. The van der Waals surface area contributed by atoms with Gasteiger partial charge in [-0.3, -0.25) is 19.2 Å². The van der Waals surface area contributed by atoms with Gasteiger partial charge < -0.3 is 46.4 Å². The van der Waals surface area contributed by atoms with E-state index >= 15 is 0 Å². The van der Waals surface area contributed by atoms with Crippen molar-refractivity contribution in [2.45, 2.75) is 114 Å². The molecule has 13 nitrogen and oxygen atoms in total. The summed E-state index contributed by atoms with van der Waals surface area (Å²) in [7, 11) is 0. The third-order valence-corrected chi connectivity index (χ3v) is 7.63. The van der Waals surface area contributed by atoms with Crippen molar-refractivity contribution in [3.8, 4) is 0 Å². The lowest BCUT2D eigenvalue weighted by molar-refractivity contribution is -0.267. The minimum atomic E-state index is -1.57. The summed E-state index contributed by atoms with van der Waals surface area (Å²) in [6.45, 7) is 5.53. The van der Waals surface area contributed by atoms with E-state index in [-0.39, 0.29) is 30.6 Å². The number of ether oxygens (including phenoxy) is 1. The molecule has 13 heteroatoms. The van der Waals surface area contributed by atoms with Crippen molar-refractivity contribution in [3.63, 3.8) is 0 Å². The molecule has 1 heterocycles. The van der Waals surface area contributed by atoms with Crippen LogP contribution in [0.3, 0.4) is 0 Å². The van der Waals surface area contributed by atoms with Crippen LogP contribution < -0.4 is 21.3 Å². The Labute approximate surface area is 264 Å². The summed E-state index contributed by atoms with van der Waals surface area (Å²) in [6, 6.07) is 7.51. The highest BCUT2D eigenvalue weighted by molar-refractivity contribution is 5.88. The molecule has 45 heavy (non-hydrogen) atoms. The summed E-state index contributed by atoms with van der Waals surface area (Å²) in [6.07, 6.45) is 0.0468. The molecule has 252 valence electrons. The van der Waals surface area contributed by atoms with Crippen molar-refractivity contribution in [1.82, 2.24) is 21.3 Å². The Kier molecular flexibility index (Phi) is 17.3. The smallest absolute Gasteiger partial charge is 0.243 e. The van der Waals surface area contributed by atoms with Crippen LogP contribution in [0, 0.1) is 0 Å². The van der Waals surface area contributed by atoms with Crippen molar-refractivity contribution in [2.75, 3.05) is 13.1 Å². The summed E-state index contributed by atoms with van der Waals surface area (Å²) in [5.74, 6) is -1.21. The maximum absolute atomic E-state index is 13.0. The van der Waals surface area contributed by atoms with E-state index in [1.807, 2.05) is 30.3 Å². The van der Waals surface area contributed by atoms with E-state index in [0.29, 0.717) is 38.8 Å². The van der Waals surface area contributed by atoms with Crippen molar-refractivity contribution >= 4 is 23.6 Å². The van der Waals surface area contributed by atoms with Crippen LogP contribution >= 0.6 is 0 Å². The quantitative estimate of drug-likeness (QED) is 0.0714. The van der Waals surface area contributed by atoms with E-state index in [9.17, 15) is 39.6 Å². The van der Waals surface area contributed by atoms with E-state index in [2.05, 4.69) is 27.8 Å². The van der Waals surface area contributed by atoms with Gasteiger partial charge in [0.1, 0.15) is 30.4 Å². The lowest BCUT2D eigenvalue weighted by atomic mass is 9.91. The third kappa shape index (κ3) is 14.1. The maximum atomic E-state index is 13.0. The average molecular weight is 635 g/mol. The molecule has 0 radical (unpaired) electrons. The number of hydrogen-bond acceptors (Lipinski definition) is 9. The van der Waals surface area contributed by atoms with Crippen LogP contribution in [0.4, 0.5) is 0 Å². The van der Waals surface area contributed by atoms with Gasteiger partial charge in [-0.15, -0.1) is 0 Å². The molecule has 7 atom stereocenters. The standard InChI is InChI=1S/C32H50N4O9/c1-3-25(39)33-18-13-7-11-17-26(40)36-23(20-22-14-8-6-9-15-22)31(43)34-19-12-5-4-10-16-24(38)30-29(42)28(41)27(32(44)45-30)35-21(2)37/h3,6,8-9,14-15,23-24,27-30,32,38,41-42,44H,1,4-5,7,10-13,16-20H2,2H3,(H,33,39)(H,34,43)(H,35,37)(H,36,40)/t23-,24?,27+,28+,29-,30+,32+/m0/s1. The molecule has 1 aliphatic heterocycles. The van der Waals surface area contributed by atoms with Gasteiger partial charge in [-0.05, 0) is 37.3 Å². The summed E-state index contributed by atoms with van der Waals surface area (Å²) in [5.41, 5.74) is 0.923. The number of hydrogen-bond donors (Lipinski definition) is 8. The number of aliphatic hydroxyl groups excluding tert-OH is 4. The summed E-state index contributed by atoms with van der Waals surface area (Å²) in [4.78, 5) is 48.1. The number of benzene rings is 1. The molecule has 1 unspecified atom stereocenters. The Morgan fingerprint density at radius 2 is 1.56 bits per heavy atom. The van der Waals surface area contributed by atoms with Crippen molar-refractivity contribution in [3.05, 3.63) is 48.6 Å². The molecule has 0 bridgehead atoms. The van der Waals surface area contributed by atoms with Crippen molar-refractivity contribution in [1.29, 1.82) is 0 Å². The zero-order chi connectivity index (χ0) is 33.2. The number of rotatable bonds is 20. The summed E-state index contributed by atoms with van der Waals surface area (Å²) >= 11 is 0. The first-order valence-corrected chi connectivity index (χ1v) is 15.7. The van der Waals surface area contributed by atoms with Gasteiger partial charge in [-0.1, -0.05) is 62.6 Å². The highest BCUT2D eigenvalue weighted by Crippen LogP contribution is 2.24. The molecule has 2 rings (SSSR count). The zero-order valence-corrected chi connectivity index (χ0v) is 26.0. The number of unbranched alkanes of at least 4 members (excludes halogenated alkanes) is 5. The number of carbonyl (C=O) groups excluding carboxylic acids is 4. The van der Waals surface area contributed by atoms with E-state index in [1.165, 1.54) is 13.0 Å². The van der Waals surface area contributed by atoms with E-state index in [4.69, 9.17) is 4.74 Å². The second kappa shape index (κ2) is 20.6. The van der Waals surface area contributed by atoms with Crippen LogP contribution in [-0.2, 0) is 30.3 Å². The van der Waals surface area contributed by atoms with E-state index in [1.54, 1.807) is 0 Å². The first-order valence-electron chi connectivity index (χ1n) is 15.7. The fourth-order valence-corrected chi connectivity index (χ4v) is 5.14. The van der Waals surface area contributed by atoms with Gasteiger partial charge in [0.15, 0.2) is 6.29 Å². The first kappa shape index (κ1) is 37.8. The monoisotopic (exact) mass is 634 g/mol. The predicted octanol–water partition coefficient (Wildman–Crippen LogP) is -0.0522. The van der Waals surface area contributed by atoms with Gasteiger partial charge in [-0.2, -0.15) is 0 Å². The van der Waals surface area contributed by atoms with Gasteiger partial charge in [0.2, 0.25) is 23.6 Å². The van der Waals surface area contributed by atoms with Crippen LogP contribution in [0.1, 0.15) is 70.3 Å². The lowest BCUT2D eigenvalue weighted by Crippen LogP contribution is -2.65. The Morgan fingerprint density at radius 1 is 0.911 bits per heavy atom. The van der Waals surface area contributed by atoms with Crippen LogP contribution in [0.2, 0.25) is 0 Å². The van der Waals surface area contributed by atoms with Gasteiger partial charge in [-0.25, -0.2) is 0 Å². The Morgan fingerprint density at radius 3 is 2.22 bits per heavy atom. The van der Waals surface area contributed by atoms with Crippen molar-refractivity contribution in [2.24, 2.45) is 0 Å². The second-order valence-corrected chi connectivity index (χ2v) is 11.4. The molecule has 0 spiro atoms. The molecule has 0 aliphatic carbocycles. The molecular weight excluding hydrogens is 584 g/mol. The maximum Gasteiger partial charge on any atom is 0.243 e. The molecule has 0 aromatic heterocycles. The molecule has 4 amide bonds. The van der Waals surface area contributed by atoms with Gasteiger partial charge in [0, 0.05) is 32.9 Å². The molecule has 0 saturated carbocycles. The number of aliphatic hydroxyl groups is 4. The van der Waals surface area contributed by atoms with Gasteiger partial charge >= 0.3 is 0 Å². The van der Waals surface area contributed by atoms with Crippen LogP contribution in [0.15, 0.2) is 43.0 Å². The normalized spacial score (nSPS) is 22.5. The van der Waals surface area contributed by atoms with Gasteiger partial charge in [0.25, 0.3) is 0 Å². The first-order chi connectivity index (χ1) is 21.5. The fraction of sp³-hybridized carbons (Fsp3) is 0.625. The fourth-order valence-electron chi connectivity index (χ4n) is 5.14. The predicted molar refractivity (Wildman–Crippen MR) is 166 cm³/mol. The lowest BCUT2D eigenvalue weighted by Gasteiger charge is -2.42. The summed E-state index contributed by atoms with van der Waals surface area (Å²) < 4.78 is 5.29. The highest BCUT2D eigenvalue weighted by Gasteiger charge is 2.46. The second-order valence-electron chi connectivity index (χ2n) is 11.4. The van der Waals surface area contributed by atoms with Crippen LogP contribution in [0.5, 0.6) is 0 Å². The van der Waals surface area contributed by atoms with Crippen LogP contribution in [0.25, 0.3) is 0 Å². The van der Waals surface area contributed by atoms with Crippen LogP contribution in [-0.4, -0.2) is 99.9 Å². The number of nitrogens with one attached hydrogen (secondary N) is 4. The Hall–Kier alpha value is -3.36. The zero-order valence-electron chi connectivity index (χ0n) is 26.0. The highest BCUT2D eigenvalue weighted by atomic mass is 16.6. The van der Waals surface area contributed by atoms with E-state index in [0.717, 1.165) is 31.2 Å². The van der Waals surface area contributed by atoms with Gasteiger partial charge in [0.05, 0.1) is 6.10 Å². The summed E-state index contributed by atoms with van der Waals surface area (Å²) in [5, 5.41) is 52.0. The number of carbonyl (C=O) groups is 4. The van der Waals surface area contributed by atoms with E-state index < -0.39 is 48.7 Å². The topological polar surface area (TPSA) is 207 Å². The minimum absolute atomic E-state index is 0.211. The Bertz CT molecular complexity index is 1070. The third-order valence-electron chi connectivity index (χ3n) is 7.63. The molecule has 1 saturated heterocycles. The average Bonchev–Trinajstić information content (AvgIpc) is 3.01. The van der Waals surface area contributed by atoms with Crippen molar-refractivity contribution < 1.29 is 44.3 Å². The Balaban J connectivity index is 1.70. The molecule has 8 N–H and O–H groups in total. The molecule has 1 aliphatic rings. The molecule has 1 aromatic rings. The largest absolute Gasteiger partial charge is 0.390 e.